The zero-order valence-electron chi connectivity index (χ0n) is 19.3. The summed E-state index contributed by atoms with van der Waals surface area (Å²) in [5.74, 6) is -0.115. The molecule has 4 rings (SSSR count). The molecule has 2 atom stereocenters. The third kappa shape index (κ3) is 5.64. The fourth-order valence-electron chi connectivity index (χ4n) is 4.97. The number of nitrogens with zero attached hydrogens (tertiary/aromatic N) is 2. The van der Waals surface area contributed by atoms with Crippen LogP contribution in [0, 0.1) is 12.8 Å². The minimum atomic E-state index is -0.173. The lowest BCUT2D eigenvalue weighted by molar-refractivity contribution is -0.140. The number of hydrogen-bond acceptors (Lipinski definition) is 4. The summed E-state index contributed by atoms with van der Waals surface area (Å²) in [5.41, 5.74) is 2.29. The third-order valence-electron chi connectivity index (χ3n) is 6.87. The van der Waals surface area contributed by atoms with Gasteiger partial charge in [-0.25, -0.2) is 4.79 Å². The van der Waals surface area contributed by atoms with E-state index in [4.69, 9.17) is 0 Å². The zero-order valence-corrected chi connectivity index (χ0v) is 20.1. The molecular weight excluding hydrogens is 434 g/mol. The molecule has 0 bridgehead atoms. The molecule has 1 N–H and O–H groups in total. The number of nitrogens with one attached hydrogen (secondary N) is 1. The van der Waals surface area contributed by atoms with E-state index in [0.717, 1.165) is 41.7 Å². The molecule has 33 heavy (non-hydrogen) atoms. The van der Waals surface area contributed by atoms with E-state index in [-0.39, 0.29) is 29.8 Å². The second kappa shape index (κ2) is 11.0. The van der Waals surface area contributed by atoms with E-state index < -0.39 is 0 Å². The zero-order chi connectivity index (χ0) is 23.2. The van der Waals surface area contributed by atoms with Crippen LogP contribution >= 0.6 is 11.3 Å². The Morgan fingerprint density at radius 1 is 1.09 bits per heavy atom. The van der Waals surface area contributed by atoms with Gasteiger partial charge in [0.25, 0.3) is 0 Å². The summed E-state index contributed by atoms with van der Waals surface area (Å²) in [6.07, 6.45) is 5.54. The minimum absolute atomic E-state index is 0.00219. The molecule has 2 aliphatic rings. The smallest absolute Gasteiger partial charge is 0.327 e. The first-order chi connectivity index (χ1) is 16.0. The molecule has 2 aromatic rings. The number of fused-ring (bicyclic) bond motifs is 1. The second-order valence-electron chi connectivity index (χ2n) is 9.10. The molecule has 1 aliphatic heterocycles. The van der Waals surface area contributed by atoms with Gasteiger partial charge in [-0.05, 0) is 55.2 Å². The Morgan fingerprint density at radius 3 is 2.70 bits per heavy atom. The van der Waals surface area contributed by atoms with Crippen molar-refractivity contribution in [3.8, 4) is 0 Å². The monoisotopic (exact) mass is 467 g/mol. The molecule has 2 fully saturated rings. The summed E-state index contributed by atoms with van der Waals surface area (Å²) in [4.78, 5) is 43.3. The topological polar surface area (TPSA) is 69.7 Å². The summed E-state index contributed by atoms with van der Waals surface area (Å²) in [7, 11) is 0. The molecule has 1 saturated heterocycles. The van der Waals surface area contributed by atoms with E-state index in [1.54, 1.807) is 11.3 Å². The van der Waals surface area contributed by atoms with Crippen LogP contribution in [0.3, 0.4) is 0 Å². The van der Waals surface area contributed by atoms with Crippen LogP contribution in [-0.4, -0.2) is 40.2 Å². The lowest BCUT2D eigenvalue weighted by Gasteiger charge is -2.47. The fourth-order valence-corrected chi connectivity index (χ4v) is 5.61. The van der Waals surface area contributed by atoms with Crippen LogP contribution in [-0.2, 0) is 22.7 Å². The van der Waals surface area contributed by atoms with Crippen molar-refractivity contribution < 1.29 is 14.4 Å². The standard InChI is InChI=1S/C26H33N3O3S/c1-19-9-2-3-10-20(19)18-29-23-13-5-4-12-22(23)25(31)28(26(29)32)15-7-6-14-24(30)27-17-21-11-8-16-33-21/h2-3,8-11,16,22-23H,4-7,12-15,17-18H2,1H3,(H,27,30). The van der Waals surface area contributed by atoms with Crippen molar-refractivity contribution in [2.24, 2.45) is 5.92 Å². The van der Waals surface area contributed by atoms with Gasteiger partial charge in [0.1, 0.15) is 0 Å². The number of urea groups is 1. The maximum atomic E-state index is 13.4. The van der Waals surface area contributed by atoms with Crippen LogP contribution in [0.4, 0.5) is 4.79 Å². The Hall–Kier alpha value is -2.67. The quantitative estimate of drug-likeness (QED) is 0.535. The first-order valence-corrected chi connectivity index (χ1v) is 12.9. The predicted octanol–water partition coefficient (Wildman–Crippen LogP) is 4.87. The van der Waals surface area contributed by atoms with Crippen LogP contribution in [0.2, 0.25) is 0 Å². The summed E-state index contributed by atoms with van der Waals surface area (Å²) in [6, 6.07) is 11.9. The van der Waals surface area contributed by atoms with Crippen molar-refractivity contribution in [3.05, 3.63) is 57.8 Å². The molecule has 7 heteroatoms. The molecule has 4 amide bonds. The highest BCUT2D eigenvalue weighted by molar-refractivity contribution is 7.09. The lowest BCUT2D eigenvalue weighted by Crippen LogP contribution is -2.62. The number of amides is 4. The first-order valence-electron chi connectivity index (χ1n) is 12.0. The molecule has 6 nitrogen and oxygen atoms in total. The van der Waals surface area contributed by atoms with Crippen molar-refractivity contribution in [2.45, 2.75) is 71.0 Å². The predicted molar refractivity (Wildman–Crippen MR) is 130 cm³/mol. The summed E-state index contributed by atoms with van der Waals surface area (Å²) in [5, 5.41) is 4.93. The number of carbonyl (C=O) groups is 3. The summed E-state index contributed by atoms with van der Waals surface area (Å²) in [6.45, 7) is 3.54. The van der Waals surface area contributed by atoms with Gasteiger partial charge in [0, 0.05) is 30.4 Å². The van der Waals surface area contributed by atoms with E-state index in [9.17, 15) is 14.4 Å². The molecule has 1 aromatic carbocycles. The van der Waals surface area contributed by atoms with E-state index in [2.05, 4.69) is 24.4 Å². The summed E-state index contributed by atoms with van der Waals surface area (Å²) >= 11 is 1.62. The van der Waals surface area contributed by atoms with E-state index >= 15 is 0 Å². The maximum Gasteiger partial charge on any atom is 0.327 e. The normalized spacial score (nSPS) is 20.6. The van der Waals surface area contributed by atoms with Gasteiger partial charge in [-0.15, -0.1) is 11.3 Å². The number of aryl methyl sites for hydroxylation is 1. The highest BCUT2D eigenvalue weighted by atomic mass is 32.1. The maximum absolute atomic E-state index is 13.4. The number of carbonyl (C=O) groups excluding carboxylic acids is 3. The largest absolute Gasteiger partial charge is 0.351 e. The van der Waals surface area contributed by atoms with Crippen molar-refractivity contribution >= 4 is 29.2 Å². The fraction of sp³-hybridized carbons (Fsp3) is 0.500. The number of rotatable bonds is 9. The van der Waals surface area contributed by atoms with Crippen molar-refractivity contribution in [3.63, 3.8) is 0 Å². The number of hydrogen-bond donors (Lipinski definition) is 1. The first kappa shape index (κ1) is 23.5. The van der Waals surface area contributed by atoms with Gasteiger partial charge in [0.05, 0.1) is 12.5 Å². The van der Waals surface area contributed by atoms with Gasteiger partial charge in [-0.1, -0.05) is 43.2 Å². The minimum Gasteiger partial charge on any atom is -0.351 e. The van der Waals surface area contributed by atoms with Gasteiger partial charge in [0.15, 0.2) is 0 Å². The highest BCUT2D eigenvalue weighted by Gasteiger charge is 2.46. The van der Waals surface area contributed by atoms with Crippen LogP contribution in [0.25, 0.3) is 0 Å². The molecule has 2 unspecified atom stereocenters. The van der Waals surface area contributed by atoms with Crippen molar-refractivity contribution in [2.75, 3.05) is 6.54 Å². The van der Waals surface area contributed by atoms with Gasteiger partial charge in [0.2, 0.25) is 11.8 Å². The van der Waals surface area contributed by atoms with E-state index in [1.807, 2.05) is 34.5 Å². The van der Waals surface area contributed by atoms with E-state index in [1.165, 1.54) is 4.90 Å². The molecule has 176 valence electrons. The average molecular weight is 468 g/mol. The molecule has 2 heterocycles. The Bertz CT molecular complexity index is 975. The van der Waals surface area contributed by atoms with Gasteiger partial charge < -0.3 is 10.2 Å². The third-order valence-corrected chi connectivity index (χ3v) is 7.74. The highest BCUT2D eigenvalue weighted by Crippen LogP contribution is 2.35. The van der Waals surface area contributed by atoms with Gasteiger partial charge in [-0.3, -0.25) is 14.5 Å². The molecule has 1 saturated carbocycles. The summed E-state index contributed by atoms with van der Waals surface area (Å²) < 4.78 is 0. The SMILES string of the molecule is Cc1ccccc1CN1C(=O)N(CCCCC(=O)NCc2cccs2)C(=O)C2CCCCC21. The lowest BCUT2D eigenvalue weighted by atomic mass is 9.81. The van der Waals surface area contributed by atoms with Gasteiger partial charge >= 0.3 is 6.03 Å². The average Bonchev–Trinajstić information content (AvgIpc) is 3.35. The van der Waals surface area contributed by atoms with Gasteiger partial charge in [-0.2, -0.15) is 0 Å². The van der Waals surface area contributed by atoms with Crippen molar-refractivity contribution in [1.29, 1.82) is 0 Å². The number of thiophene rings is 1. The number of benzene rings is 1. The number of imide groups is 1. The molecule has 1 aromatic heterocycles. The molecule has 1 aliphatic carbocycles. The molecular formula is C26H33N3O3S. The Labute approximate surface area is 200 Å². The van der Waals surface area contributed by atoms with Crippen LogP contribution in [0.5, 0.6) is 0 Å². The Kier molecular flexibility index (Phi) is 7.81. The van der Waals surface area contributed by atoms with Crippen LogP contribution < -0.4 is 5.32 Å². The Balaban J connectivity index is 1.34. The number of unbranched alkanes of at least 4 members (excludes halogenated alkanes) is 1. The van der Waals surface area contributed by atoms with Crippen LogP contribution in [0.15, 0.2) is 41.8 Å². The van der Waals surface area contributed by atoms with Crippen LogP contribution in [0.1, 0.15) is 60.9 Å². The van der Waals surface area contributed by atoms with Crippen molar-refractivity contribution in [1.82, 2.24) is 15.1 Å². The Morgan fingerprint density at radius 2 is 1.91 bits per heavy atom. The molecule has 0 radical (unpaired) electrons. The molecule has 0 spiro atoms. The van der Waals surface area contributed by atoms with E-state index in [0.29, 0.717) is 38.9 Å². The second-order valence-corrected chi connectivity index (χ2v) is 10.1.